The summed E-state index contributed by atoms with van der Waals surface area (Å²) in [5, 5.41) is 11.6. The van der Waals surface area contributed by atoms with Crippen LogP contribution >= 0.6 is 21.6 Å². The Morgan fingerprint density at radius 2 is 2.29 bits per heavy atom. The molecule has 0 aliphatic rings. The van der Waals surface area contributed by atoms with Crippen molar-refractivity contribution in [3.8, 4) is 11.5 Å². The molecule has 1 aromatic carbocycles. The van der Waals surface area contributed by atoms with Crippen molar-refractivity contribution < 1.29 is 28.6 Å². The summed E-state index contributed by atoms with van der Waals surface area (Å²) in [5.41, 5.74) is 8.22. The molecule has 0 bridgehead atoms. The van der Waals surface area contributed by atoms with E-state index in [2.05, 4.69) is 32.2 Å². The van der Waals surface area contributed by atoms with Crippen LogP contribution in [0.5, 0.6) is 11.5 Å². The van der Waals surface area contributed by atoms with Crippen molar-refractivity contribution in [1.29, 1.82) is 0 Å². The number of benzene rings is 1. The van der Waals surface area contributed by atoms with Crippen LogP contribution in [0, 0.1) is 0 Å². The molecule has 0 aromatic heterocycles. The van der Waals surface area contributed by atoms with Gasteiger partial charge in [-0.15, -0.1) is 0 Å². The van der Waals surface area contributed by atoms with E-state index < -0.39 is 0 Å². The Morgan fingerprint density at radius 1 is 1.65 bits per heavy atom. The van der Waals surface area contributed by atoms with Crippen LogP contribution in [0.3, 0.4) is 0 Å². The summed E-state index contributed by atoms with van der Waals surface area (Å²) < 4.78 is 4.99. The fraction of sp³-hybridized carbons (Fsp3) is 0.111. The molecule has 0 saturated carbocycles. The van der Waals surface area contributed by atoms with Crippen molar-refractivity contribution in [1.82, 2.24) is 5.43 Å². The number of para-hydroxylation sites is 1. The summed E-state index contributed by atoms with van der Waals surface area (Å²) in [4.78, 5) is 0. The van der Waals surface area contributed by atoms with E-state index in [-0.39, 0.29) is 10.9 Å². The molecule has 17 heavy (non-hydrogen) atoms. The zero-order chi connectivity index (χ0) is 13.3. The van der Waals surface area contributed by atoms with Gasteiger partial charge in [-0.3, -0.25) is 5.43 Å². The second-order valence-corrected chi connectivity index (χ2v) is 3.10. The van der Waals surface area contributed by atoms with Gasteiger partial charge in [0.25, 0.3) is 0 Å². The fourth-order valence-corrected chi connectivity index (χ4v) is 1.04. The van der Waals surface area contributed by atoms with E-state index in [9.17, 15) is 0 Å². The van der Waals surface area contributed by atoms with Gasteiger partial charge in [0.05, 0.1) is 18.9 Å². The second kappa shape index (κ2) is 9.22. The first-order valence-corrected chi connectivity index (χ1v) is 7.46. The molecule has 0 unspecified atom stereocenters. The summed E-state index contributed by atoms with van der Waals surface area (Å²) in [5.74, 6) is 0.766. The van der Waals surface area contributed by atoms with Gasteiger partial charge in [-0.2, -0.15) is 5.10 Å². The molecule has 0 spiro atoms. The van der Waals surface area contributed by atoms with E-state index in [0.717, 1.165) is 0 Å². The first-order chi connectivity index (χ1) is 8.15. The first kappa shape index (κ1) is 16.2. The van der Waals surface area contributed by atoms with Crippen LogP contribution in [0.15, 0.2) is 23.3 Å². The Morgan fingerprint density at radius 3 is 2.82 bits per heavy atom. The van der Waals surface area contributed by atoms with E-state index in [1.54, 1.807) is 37.0 Å². The molecule has 5 nitrogen and oxygen atoms in total. The number of ether oxygens (including phenoxy) is 1. The van der Waals surface area contributed by atoms with Crippen LogP contribution in [0.4, 0.5) is 0 Å². The number of rotatable bonds is 3. The molecule has 8 heteroatoms. The van der Waals surface area contributed by atoms with E-state index >= 15 is 0 Å². The average molecular weight is 457 g/mol. The van der Waals surface area contributed by atoms with Crippen molar-refractivity contribution >= 4 is 33.0 Å². The molecule has 0 radical (unpaired) electrons. The normalized spacial score (nSPS) is 9.41. The molecule has 0 heterocycles. The van der Waals surface area contributed by atoms with Gasteiger partial charge in [-0.05, 0) is 24.4 Å². The standard InChI is InChI=1S/C9H11N3O2S.ClH.Pt/c1-14-7-4-2-3-6(8(7)13)5-11-12-9(10)15;;/h2-5,13H,1H3,(H3,10,12,15);1H;/q;;+2. The number of nitrogens with one attached hydrogen (secondary N) is 1. The van der Waals surface area contributed by atoms with Gasteiger partial charge in [-0.1, -0.05) is 6.07 Å². The molecule has 0 aliphatic heterocycles. The topological polar surface area (TPSA) is 82.5 Å². The monoisotopic (exact) mass is 456 g/mol. The van der Waals surface area contributed by atoms with Gasteiger partial charge in [0, 0.05) is 0 Å². The summed E-state index contributed by atoms with van der Waals surface area (Å²) in [6, 6.07) is 5.23. The summed E-state index contributed by atoms with van der Waals surface area (Å²) in [6.45, 7) is 0. The minimum absolute atomic E-state index is 0.0840. The fourth-order valence-electron chi connectivity index (χ4n) is 0.991. The van der Waals surface area contributed by atoms with Gasteiger partial charge in [-0.25, -0.2) is 0 Å². The van der Waals surface area contributed by atoms with E-state index in [4.69, 9.17) is 15.6 Å². The summed E-state index contributed by atoms with van der Waals surface area (Å²) >= 11 is 6.18. The van der Waals surface area contributed by atoms with Crippen molar-refractivity contribution in [2.45, 2.75) is 0 Å². The van der Waals surface area contributed by atoms with Gasteiger partial charge >= 0.3 is 33.9 Å². The number of halogens is 1. The zero-order valence-corrected chi connectivity index (χ0v) is 12.7. The van der Waals surface area contributed by atoms with Crippen LogP contribution in [-0.4, -0.2) is 23.5 Å². The van der Waals surface area contributed by atoms with Crippen LogP contribution in [0.25, 0.3) is 0 Å². The molecule has 0 fully saturated rings. The van der Waals surface area contributed by atoms with Gasteiger partial charge in [0.1, 0.15) is 0 Å². The van der Waals surface area contributed by atoms with E-state index in [1.165, 1.54) is 13.3 Å². The third-order valence-corrected chi connectivity index (χ3v) is 1.75. The van der Waals surface area contributed by atoms with Crippen LogP contribution < -0.4 is 15.9 Å². The molecule has 96 valence electrons. The molecule has 5 N–H and O–H groups in total. The third-order valence-electron chi connectivity index (χ3n) is 1.66. The third kappa shape index (κ3) is 5.86. The quantitative estimate of drug-likeness (QED) is 0.307. The Hall–Kier alpha value is -0.842. The zero-order valence-electron chi connectivity index (χ0n) is 8.84. The van der Waals surface area contributed by atoms with Gasteiger partial charge in [0.15, 0.2) is 5.11 Å². The summed E-state index contributed by atoms with van der Waals surface area (Å²) in [7, 11) is 6.13. The Kier molecular flexibility index (Phi) is 8.76. The van der Waals surface area contributed by atoms with Crippen molar-refractivity contribution in [3.63, 3.8) is 0 Å². The molecule has 0 atom stereocenters. The number of methoxy groups -OCH3 is 1. The summed E-state index contributed by atoms with van der Waals surface area (Å²) in [6.07, 6.45) is 1.46. The van der Waals surface area contributed by atoms with Crippen LogP contribution in [0.2, 0.25) is 0 Å². The molecule has 1 aromatic rings. The minimum atomic E-state index is 0.0840. The Balaban J connectivity index is 0.00000121. The van der Waals surface area contributed by atoms with Crippen molar-refractivity contribution in [2.75, 3.05) is 7.11 Å². The van der Waals surface area contributed by atoms with Crippen LogP contribution in [-0.2, 0) is 18.8 Å². The molecule has 1 rings (SSSR count). The van der Waals surface area contributed by atoms with E-state index in [1.807, 2.05) is 0 Å². The predicted octanol–water partition coefficient (Wildman–Crippen LogP) is 0.987. The number of hydrazone groups is 1. The Labute approximate surface area is 120 Å². The predicted molar refractivity (Wildman–Crippen MR) is 69.4 cm³/mol. The van der Waals surface area contributed by atoms with Gasteiger partial charge in [0.2, 0.25) is 5.75 Å². The Bertz CT molecular complexity index is 404. The molecular weight excluding hydrogens is 445 g/mol. The average Bonchev–Trinajstić information content (AvgIpc) is 2.33. The molecule has 0 aliphatic carbocycles. The molecule has 0 amide bonds. The van der Waals surface area contributed by atoms with Gasteiger partial charge < -0.3 is 15.6 Å². The van der Waals surface area contributed by atoms with E-state index in [0.29, 0.717) is 11.3 Å². The number of nitrogens with two attached hydrogens (primary N) is 1. The van der Waals surface area contributed by atoms with Crippen molar-refractivity contribution in [2.24, 2.45) is 10.8 Å². The maximum absolute atomic E-state index is 7.72. The second-order valence-electron chi connectivity index (χ2n) is 2.66. The number of hydrogen-bond donors (Lipinski definition) is 2. The number of thiocarbonyl (C=S) groups is 1. The first-order valence-electron chi connectivity index (χ1n) is 4.24. The number of nitrogens with zero attached hydrogens (tertiary/aromatic N) is 1. The maximum atomic E-state index is 7.72. The SMILES string of the molecule is COc1cccc(C=NNC(N)=S)c1[OH2+].[Cl][Pt+]. The van der Waals surface area contributed by atoms with Crippen molar-refractivity contribution in [3.05, 3.63) is 23.8 Å². The number of hydrogen-bond acceptors (Lipinski definition) is 3. The van der Waals surface area contributed by atoms with Crippen LogP contribution in [0.1, 0.15) is 5.56 Å². The molecular formula is C9H12ClN3O2PtS+2. The molecule has 0 saturated heterocycles.